The quantitative estimate of drug-likeness (QED) is 0.790. The second-order valence-corrected chi connectivity index (χ2v) is 5.10. The van der Waals surface area contributed by atoms with Crippen molar-refractivity contribution in [2.75, 3.05) is 5.32 Å². The molecule has 1 aromatic carbocycles. The third-order valence-corrected chi connectivity index (χ3v) is 3.37. The molecular weight excluding hydrogens is 235 g/mol. The van der Waals surface area contributed by atoms with Crippen LogP contribution in [0.1, 0.15) is 26.2 Å². The van der Waals surface area contributed by atoms with Crippen LogP contribution in [-0.4, -0.2) is 11.2 Å². The molecule has 0 amide bonds. The Bertz CT molecular complexity index is 408. The van der Waals surface area contributed by atoms with Crippen molar-refractivity contribution in [1.29, 1.82) is 0 Å². The molecular formula is C13H17FN2S. The lowest BCUT2D eigenvalue weighted by molar-refractivity contribution is 0.572. The van der Waals surface area contributed by atoms with Gasteiger partial charge in [0.05, 0.1) is 5.69 Å². The molecule has 0 radical (unpaired) electrons. The lowest BCUT2D eigenvalue weighted by Crippen LogP contribution is -2.36. The summed E-state index contributed by atoms with van der Waals surface area (Å²) in [6, 6.07) is 6.97. The fraction of sp³-hybridized carbons (Fsp3) is 0.462. The van der Waals surface area contributed by atoms with E-state index in [1.807, 2.05) is 0 Å². The highest BCUT2D eigenvalue weighted by atomic mass is 32.1. The topological polar surface area (TPSA) is 24.1 Å². The van der Waals surface area contributed by atoms with Crippen molar-refractivity contribution in [3.05, 3.63) is 30.1 Å². The molecule has 2 N–H and O–H groups in total. The van der Waals surface area contributed by atoms with E-state index in [0.717, 1.165) is 18.8 Å². The normalized spacial score (nSPS) is 23.4. The third kappa shape index (κ3) is 3.40. The highest BCUT2D eigenvalue weighted by molar-refractivity contribution is 7.80. The van der Waals surface area contributed by atoms with Crippen LogP contribution >= 0.6 is 12.2 Å². The maximum Gasteiger partial charge on any atom is 0.171 e. The maximum absolute atomic E-state index is 13.4. The number of rotatable bonds is 2. The number of benzene rings is 1. The molecule has 2 atom stereocenters. The van der Waals surface area contributed by atoms with Gasteiger partial charge in [0.2, 0.25) is 0 Å². The molecule has 1 saturated carbocycles. The highest BCUT2D eigenvalue weighted by Crippen LogP contribution is 2.24. The molecule has 1 fully saturated rings. The zero-order valence-electron chi connectivity index (χ0n) is 9.87. The molecule has 0 spiro atoms. The van der Waals surface area contributed by atoms with Crippen molar-refractivity contribution in [2.24, 2.45) is 5.92 Å². The number of thiocarbonyl (C=S) groups is 1. The molecule has 17 heavy (non-hydrogen) atoms. The summed E-state index contributed by atoms with van der Waals surface area (Å²) in [4.78, 5) is 0. The van der Waals surface area contributed by atoms with E-state index in [1.165, 1.54) is 12.5 Å². The Morgan fingerprint density at radius 3 is 2.76 bits per heavy atom. The fourth-order valence-corrected chi connectivity index (χ4v) is 2.52. The Morgan fingerprint density at radius 2 is 2.12 bits per heavy atom. The van der Waals surface area contributed by atoms with E-state index in [2.05, 4.69) is 17.6 Å². The zero-order valence-corrected chi connectivity index (χ0v) is 10.7. The highest BCUT2D eigenvalue weighted by Gasteiger charge is 2.21. The van der Waals surface area contributed by atoms with Gasteiger partial charge in [-0.3, -0.25) is 0 Å². The molecule has 0 saturated heterocycles. The van der Waals surface area contributed by atoms with Gasteiger partial charge < -0.3 is 10.6 Å². The number of hydrogen-bond acceptors (Lipinski definition) is 1. The molecule has 1 aliphatic carbocycles. The van der Waals surface area contributed by atoms with Crippen LogP contribution in [0.4, 0.5) is 10.1 Å². The largest absolute Gasteiger partial charge is 0.360 e. The summed E-state index contributed by atoms with van der Waals surface area (Å²) in [5, 5.41) is 6.64. The molecule has 4 heteroatoms. The van der Waals surface area contributed by atoms with Gasteiger partial charge in [0.25, 0.3) is 0 Å². The first kappa shape index (κ1) is 12.3. The van der Waals surface area contributed by atoms with Crippen LogP contribution in [0.5, 0.6) is 0 Å². The summed E-state index contributed by atoms with van der Waals surface area (Å²) in [7, 11) is 0. The van der Waals surface area contributed by atoms with E-state index in [4.69, 9.17) is 12.2 Å². The Hall–Kier alpha value is -1.16. The second kappa shape index (κ2) is 5.45. The molecule has 1 aromatic rings. The van der Waals surface area contributed by atoms with E-state index in [9.17, 15) is 4.39 Å². The molecule has 0 bridgehead atoms. The van der Waals surface area contributed by atoms with Gasteiger partial charge >= 0.3 is 0 Å². The number of nitrogens with one attached hydrogen (secondary N) is 2. The number of halogens is 1. The van der Waals surface area contributed by atoms with Gasteiger partial charge in [0.15, 0.2) is 5.11 Å². The molecule has 2 nitrogen and oxygen atoms in total. The second-order valence-electron chi connectivity index (χ2n) is 4.69. The van der Waals surface area contributed by atoms with Gasteiger partial charge in [-0.1, -0.05) is 19.1 Å². The predicted molar refractivity (Wildman–Crippen MR) is 72.6 cm³/mol. The first-order valence-corrected chi connectivity index (χ1v) is 6.38. The summed E-state index contributed by atoms with van der Waals surface area (Å²) < 4.78 is 13.4. The summed E-state index contributed by atoms with van der Waals surface area (Å²) in [6.45, 7) is 2.25. The lowest BCUT2D eigenvalue weighted by atomic mass is 10.1. The van der Waals surface area contributed by atoms with Crippen molar-refractivity contribution >= 4 is 23.0 Å². The zero-order chi connectivity index (χ0) is 12.3. The van der Waals surface area contributed by atoms with Crippen molar-refractivity contribution in [2.45, 2.75) is 32.2 Å². The smallest absolute Gasteiger partial charge is 0.171 e. The molecule has 2 rings (SSSR count). The van der Waals surface area contributed by atoms with Gasteiger partial charge in [0, 0.05) is 6.04 Å². The van der Waals surface area contributed by atoms with Crippen LogP contribution in [0.25, 0.3) is 0 Å². The number of anilines is 1. The summed E-state index contributed by atoms with van der Waals surface area (Å²) in [5.74, 6) is 0.472. The third-order valence-electron chi connectivity index (χ3n) is 3.15. The molecule has 2 unspecified atom stereocenters. The average Bonchev–Trinajstić information content (AvgIpc) is 2.67. The molecule has 0 aromatic heterocycles. The fourth-order valence-electron chi connectivity index (χ4n) is 2.24. The predicted octanol–water partition coefficient (Wildman–Crippen LogP) is 3.30. The monoisotopic (exact) mass is 252 g/mol. The van der Waals surface area contributed by atoms with Gasteiger partial charge in [-0.15, -0.1) is 0 Å². The first-order valence-electron chi connectivity index (χ1n) is 5.97. The molecule has 1 aliphatic rings. The van der Waals surface area contributed by atoms with E-state index in [1.54, 1.807) is 18.2 Å². The van der Waals surface area contributed by atoms with Crippen molar-refractivity contribution in [3.8, 4) is 0 Å². The van der Waals surface area contributed by atoms with Crippen LogP contribution in [0, 0.1) is 11.7 Å². The SMILES string of the molecule is CC1CCC(NC(=S)Nc2ccccc2F)C1. The molecule has 0 heterocycles. The average molecular weight is 252 g/mol. The minimum atomic E-state index is -0.281. The van der Waals surface area contributed by atoms with Gasteiger partial charge in [-0.25, -0.2) is 4.39 Å². The van der Waals surface area contributed by atoms with Gasteiger partial charge in [-0.05, 0) is 49.5 Å². The number of hydrogen-bond donors (Lipinski definition) is 2. The van der Waals surface area contributed by atoms with Crippen LogP contribution in [0.15, 0.2) is 24.3 Å². The Morgan fingerprint density at radius 1 is 1.35 bits per heavy atom. The molecule has 92 valence electrons. The minimum absolute atomic E-state index is 0.281. The summed E-state index contributed by atoms with van der Waals surface area (Å²) >= 11 is 5.18. The van der Waals surface area contributed by atoms with Crippen LogP contribution in [0.3, 0.4) is 0 Å². The van der Waals surface area contributed by atoms with Gasteiger partial charge in [0.1, 0.15) is 5.82 Å². The van der Waals surface area contributed by atoms with Crippen LogP contribution in [0.2, 0.25) is 0 Å². The first-order chi connectivity index (χ1) is 8.15. The van der Waals surface area contributed by atoms with E-state index in [0.29, 0.717) is 16.8 Å². The summed E-state index contributed by atoms with van der Waals surface area (Å²) in [6.07, 6.45) is 3.51. The van der Waals surface area contributed by atoms with Crippen LogP contribution in [-0.2, 0) is 0 Å². The van der Waals surface area contributed by atoms with Gasteiger partial charge in [-0.2, -0.15) is 0 Å². The Balaban J connectivity index is 1.87. The van der Waals surface area contributed by atoms with E-state index >= 15 is 0 Å². The van der Waals surface area contributed by atoms with E-state index < -0.39 is 0 Å². The van der Waals surface area contributed by atoms with Crippen molar-refractivity contribution in [3.63, 3.8) is 0 Å². The van der Waals surface area contributed by atoms with Crippen LogP contribution < -0.4 is 10.6 Å². The summed E-state index contributed by atoms with van der Waals surface area (Å²) in [5.41, 5.74) is 0.427. The maximum atomic E-state index is 13.4. The standard InChI is InChI=1S/C13H17FN2S/c1-9-6-7-10(8-9)15-13(17)16-12-5-3-2-4-11(12)14/h2-5,9-10H,6-8H2,1H3,(H2,15,16,17). The molecule has 0 aliphatic heterocycles. The van der Waals surface area contributed by atoms with E-state index in [-0.39, 0.29) is 5.82 Å². The minimum Gasteiger partial charge on any atom is -0.360 e. The Kier molecular flexibility index (Phi) is 3.94. The van der Waals surface area contributed by atoms with Crippen molar-refractivity contribution in [1.82, 2.24) is 5.32 Å². The van der Waals surface area contributed by atoms with Crippen molar-refractivity contribution < 1.29 is 4.39 Å². The Labute approximate surface area is 107 Å². The number of para-hydroxylation sites is 1. The lowest BCUT2D eigenvalue weighted by Gasteiger charge is -2.16.